The van der Waals surface area contributed by atoms with Crippen LogP contribution in [0.15, 0.2) is 21.5 Å². The molecule has 12 heavy (non-hydrogen) atoms. The molecule has 1 heterocycles. The van der Waals surface area contributed by atoms with Crippen LogP contribution in [0.2, 0.25) is 0 Å². The van der Waals surface area contributed by atoms with Gasteiger partial charge in [-0.2, -0.15) is 0 Å². The normalized spacial score (nSPS) is 12.5. The fourth-order valence-electron chi connectivity index (χ4n) is 0.965. The van der Waals surface area contributed by atoms with Crippen molar-refractivity contribution in [2.45, 2.75) is 19.9 Å². The minimum Gasteiger partial charge on any atom is -0.464 e. The van der Waals surface area contributed by atoms with Crippen molar-refractivity contribution in [3.63, 3.8) is 0 Å². The summed E-state index contributed by atoms with van der Waals surface area (Å²) in [4.78, 5) is 3.94. The number of rotatable bonds is 2. The molecule has 66 valence electrons. The standard InChI is InChI=1S/C8H13N3O/c1-5-3-4-7(12-5)6(2)11-8(9)10/h3-4,6H,1-2H3,(H4,9,10,11). The van der Waals surface area contributed by atoms with Crippen molar-refractivity contribution in [1.29, 1.82) is 0 Å². The summed E-state index contributed by atoms with van der Waals surface area (Å²) in [6.07, 6.45) is 0. The van der Waals surface area contributed by atoms with Gasteiger partial charge in [-0.25, -0.2) is 4.99 Å². The molecule has 0 saturated carbocycles. The van der Waals surface area contributed by atoms with E-state index >= 15 is 0 Å². The minimum atomic E-state index is -0.108. The lowest BCUT2D eigenvalue weighted by molar-refractivity contribution is 0.458. The summed E-state index contributed by atoms with van der Waals surface area (Å²) in [7, 11) is 0. The molecule has 1 rings (SSSR count). The molecule has 0 saturated heterocycles. The monoisotopic (exact) mass is 167 g/mol. The second-order valence-electron chi connectivity index (χ2n) is 2.68. The molecule has 1 atom stereocenters. The van der Waals surface area contributed by atoms with Gasteiger partial charge in [-0.15, -0.1) is 0 Å². The van der Waals surface area contributed by atoms with Crippen molar-refractivity contribution >= 4 is 5.96 Å². The van der Waals surface area contributed by atoms with Gasteiger partial charge in [-0.05, 0) is 26.0 Å². The maximum absolute atomic E-state index is 5.33. The Hall–Kier alpha value is -1.45. The van der Waals surface area contributed by atoms with Crippen LogP contribution in [0.1, 0.15) is 24.5 Å². The molecule has 4 heteroatoms. The molecule has 0 amide bonds. The van der Waals surface area contributed by atoms with Gasteiger partial charge in [-0.1, -0.05) is 0 Å². The van der Waals surface area contributed by atoms with Gasteiger partial charge in [0.25, 0.3) is 0 Å². The zero-order chi connectivity index (χ0) is 9.14. The molecule has 4 nitrogen and oxygen atoms in total. The first kappa shape index (κ1) is 8.64. The third-order valence-electron chi connectivity index (χ3n) is 1.52. The highest BCUT2D eigenvalue weighted by molar-refractivity contribution is 5.75. The van der Waals surface area contributed by atoms with Crippen molar-refractivity contribution in [2.75, 3.05) is 0 Å². The summed E-state index contributed by atoms with van der Waals surface area (Å²) < 4.78 is 5.33. The van der Waals surface area contributed by atoms with Crippen LogP contribution in [0.3, 0.4) is 0 Å². The van der Waals surface area contributed by atoms with E-state index in [0.717, 1.165) is 11.5 Å². The Kier molecular flexibility index (Phi) is 2.38. The smallest absolute Gasteiger partial charge is 0.186 e. The fourth-order valence-corrected chi connectivity index (χ4v) is 0.965. The zero-order valence-electron chi connectivity index (χ0n) is 7.24. The molecule has 0 aliphatic carbocycles. The lowest BCUT2D eigenvalue weighted by Gasteiger charge is -2.01. The maximum atomic E-state index is 5.33. The molecule has 0 spiro atoms. The molecule has 1 aromatic rings. The second kappa shape index (κ2) is 3.30. The third kappa shape index (κ3) is 2.02. The second-order valence-corrected chi connectivity index (χ2v) is 2.68. The maximum Gasteiger partial charge on any atom is 0.186 e. The van der Waals surface area contributed by atoms with Crippen molar-refractivity contribution in [2.24, 2.45) is 16.5 Å². The number of guanidine groups is 1. The molecule has 0 fully saturated rings. The summed E-state index contributed by atoms with van der Waals surface area (Å²) in [5.41, 5.74) is 10.4. The van der Waals surface area contributed by atoms with Crippen molar-refractivity contribution in [3.05, 3.63) is 23.7 Å². The lowest BCUT2D eigenvalue weighted by atomic mass is 10.3. The Morgan fingerprint density at radius 3 is 2.58 bits per heavy atom. The first-order chi connectivity index (χ1) is 5.59. The molecule has 1 aromatic heterocycles. The number of nitrogens with two attached hydrogens (primary N) is 2. The first-order valence-corrected chi connectivity index (χ1v) is 3.74. The highest BCUT2D eigenvalue weighted by Gasteiger charge is 2.06. The number of aliphatic imine (C=N–C) groups is 1. The van der Waals surface area contributed by atoms with Crippen LogP contribution in [0.25, 0.3) is 0 Å². The fraction of sp³-hybridized carbons (Fsp3) is 0.375. The predicted molar refractivity (Wildman–Crippen MR) is 47.7 cm³/mol. The summed E-state index contributed by atoms with van der Waals surface area (Å²) in [6.45, 7) is 3.75. The third-order valence-corrected chi connectivity index (χ3v) is 1.52. The Bertz CT molecular complexity index is 286. The van der Waals surface area contributed by atoms with Crippen molar-refractivity contribution < 1.29 is 4.42 Å². The van der Waals surface area contributed by atoms with Crippen LogP contribution in [0.4, 0.5) is 0 Å². The predicted octanol–water partition coefficient (Wildman–Crippen LogP) is 0.922. The van der Waals surface area contributed by atoms with E-state index in [9.17, 15) is 0 Å². The summed E-state index contributed by atoms with van der Waals surface area (Å²) in [6, 6.07) is 3.64. The Morgan fingerprint density at radius 1 is 1.50 bits per heavy atom. The van der Waals surface area contributed by atoms with Gasteiger partial charge in [0.1, 0.15) is 17.6 Å². The van der Waals surface area contributed by atoms with Crippen molar-refractivity contribution in [3.8, 4) is 0 Å². The molecule has 0 bridgehead atoms. The van der Waals surface area contributed by atoms with E-state index in [-0.39, 0.29) is 12.0 Å². The molecule has 0 aliphatic heterocycles. The van der Waals surface area contributed by atoms with Gasteiger partial charge in [-0.3, -0.25) is 0 Å². The Balaban J connectivity index is 2.78. The van der Waals surface area contributed by atoms with Crippen LogP contribution in [-0.2, 0) is 0 Å². The zero-order valence-corrected chi connectivity index (χ0v) is 7.24. The Morgan fingerprint density at radius 2 is 2.17 bits per heavy atom. The van der Waals surface area contributed by atoms with Crippen LogP contribution in [-0.4, -0.2) is 5.96 Å². The van der Waals surface area contributed by atoms with E-state index < -0.39 is 0 Å². The topological polar surface area (TPSA) is 77.5 Å². The number of nitrogens with zero attached hydrogens (tertiary/aromatic N) is 1. The average Bonchev–Trinajstić information content (AvgIpc) is 2.34. The lowest BCUT2D eigenvalue weighted by Crippen LogP contribution is -2.23. The molecular weight excluding hydrogens is 154 g/mol. The number of aryl methyl sites for hydroxylation is 1. The van der Waals surface area contributed by atoms with E-state index in [0.29, 0.717) is 0 Å². The van der Waals surface area contributed by atoms with Gasteiger partial charge in [0, 0.05) is 0 Å². The quantitative estimate of drug-likeness (QED) is 0.508. The first-order valence-electron chi connectivity index (χ1n) is 3.74. The van der Waals surface area contributed by atoms with Gasteiger partial charge in [0.05, 0.1) is 0 Å². The van der Waals surface area contributed by atoms with Crippen LogP contribution in [0, 0.1) is 6.92 Å². The van der Waals surface area contributed by atoms with Gasteiger partial charge < -0.3 is 15.9 Å². The van der Waals surface area contributed by atoms with E-state index in [1.807, 2.05) is 26.0 Å². The molecule has 1 unspecified atom stereocenters. The van der Waals surface area contributed by atoms with Gasteiger partial charge >= 0.3 is 0 Å². The average molecular weight is 167 g/mol. The van der Waals surface area contributed by atoms with Gasteiger partial charge in [0.2, 0.25) is 0 Å². The summed E-state index contributed by atoms with van der Waals surface area (Å²) in [5.74, 6) is 1.72. The molecule has 4 N–H and O–H groups in total. The van der Waals surface area contributed by atoms with E-state index in [2.05, 4.69) is 4.99 Å². The van der Waals surface area contributed by atoms with Crippen molar-refractivity contribution in [1.82, 2.24) is 0 Å². The number of furan rings is 1. The summed E-state index contributed by atoms with van der Waals surface area (Å²) >= 11 is 0. The van der Waals surface area contributed by atoms with Crippen LogP contribution in [0.5, 0.6) is 0 Å². The SMILES string of the molecule is Cc1ccc(C(C)N=C(N)N)o1. The highest BCUT2D eigenvalue weighted by Crippen LogP contribution is 2.18. The number of hydrogen-bond donors (Lipinski definition) is 2. The van der Waals surface area contributed by atoms with Gasteiger partial charge in [0.15, 0.2) is 5.96 Å². The number of hydrogen-bond acceptors (Lipinski definition) is 2. The summed E-state index contributed by atoms with van der Waals surface area (Å²) in [5, 5.41) is 0. The molecule has 0 radical (unpaired) electrons. The molecular formula is C8H13N3O. The van der Waals surface area contributed by atoms with E-state index in [1.165, 1.54) is 0 Å². The van der Waals surface area contributed by atoms with Crippen LogP contribution >= 0.6 is 0 Å². The van der Waals surface area contributed by atoms with E-state index in [4.69, 9.17) is 15.9 Å². The highest BCUT2D eigenvalue weighted by atomic mass is 16.3. The minimum absolute atomic E-state index is 0.0801. The molecule has 0 aromatic carbocycles. The van der Waals surface area contributed by atoms with E-state index in [1.54, 1.807) is 0 Å². The largest absolute Gasteiger partial charge is 0.464 e. The van der Waals surface area contributed by atoms with Crippen LogP contribution < -0.4 is 11.5 Å². The molecule has 0 aliphatic rings. The Labute approximate surface area is 71.3 Å².